The van der Waals surface area contributed by atoms with Crippen molar-refractivity contribution >= 4 is 23.1 Å². The molecule has 1 aliphatic carbocycles. The fourth-order valence-corrected chi connectivity index (χ4v) is 3.13. The van der Waals surface area contributed by atoms with Crippen molar-refractivity contribution in [2.24, 2.45) is 5.92 Å². The highest BCUT2D eigenvalue weighted by atomic mass is 32.1. The smallest absolute Gasteiger partial charge is 0.319 e. The summed E-state index contributed by atoms with van der Waals surface area (Å²) in [4.78, 5) is 21.8. The molecular formula is C15H18N4O2S. The Morgan fingerprint density at radius 3 is 2.73 bits per heavy atom. The number of ether oxygens (including phenoxy) is 1. The van der Waals surface area contributed by atoms with E-state index in [2.05, 4.69) is 20.6 Å². The van der Waals surface area contributed by atoms with Gasteiger partial charge in [0.1, 0.15) is 5.01 Å². The number of methoxy groups -OCH3 is 1. The highest BCUT2D eigenvalue weighted by Gasteiger charge is 2.35. The molecule has 1 unspecified atom stereocenters. The van der Waals surface area contributed by atoms with Crippen molar-refractivity contribution in [1.82, 2.24) is 15.3 Å². The minimum Gasteiger partial charge on any atom is -0.481 e. The van der Waals surface area contributed by atoms with Gasteiger partial charge >= 0.3 is 6.03 Å². The van der Waals surface area contributed by atoms with E-state index in [0.29, 0.717) is 17.5 Å². The Hall–Kier alpha value is -2.15. The Morgan fingerprint density at radius 1 is 1.36 bits per heavy atom. The topological polar surface area (TPSA) is 76.1 Å². The van der Waals surface area contributed by atoms with Crippen LogP contribution in [0.4, 0.5) is 10.5 Å². The molecular weight excluding hydrogens is 300 g/mol. The first-order chi connectivity index (χ1) is 10.7. The van der Waals surface area contributed by atoms with Crippen LogP contribution in [0.3, 0.4) is 0 Å². The van der Waals surface area contributed by atoms with Gasteiger partial charge in [-0.3, -0.25) is 0 Å². The molecule has 1 aliphatic rings. The second kappa shape index (κ2) is 6.31. The van der Waals surface area contributed by atoms with Gasteiger partial charge in [-0.1, -0.05) is 0 Å². The maximum Gasteiger partial charge on any atom is 0.319 e. The molecule has 22 heavy (non-hydrogen) atoms. The zero-order chi connectivity index (χ0) is 15.5. The SMILES string of the molecule is COc1ccc(NC(=O)NC(c2ncc(C)s2)C2CC2)cn1. The molecule has 0 bridgehead atoms. The summed E-state index contributed by atoms with van der Waals surface area (Å²) < 4.78 is 4.99. The van der Waals surface area contributed by atoms with Gasteiger partial charge in [0.25, 0.3) is 0 Å². The van der Waals surface area contributed by atoms with Gasteiger partial charge in [-0.25, -0.2) is 14.8 Å². The van der Waals surface area contributed by atoms with Crippen LogP contribution < -0.4 is 15.4 Å². The molecule has 2 amide bonds. The molecule has 1 fully saturated rings. The van der Waals surface area contributed by atoms with Crippen LogP contribution in [0, 0.1) is 12.8 Å². The molecule has 2 heterocycles. The Bertz CT molecular complexity index is 652. The van der Waals surface area contributed by atoms with Crippen molar-refractivity contribution in [2.45, 2.75) is 25.8 Å². The number of thiazole rings is 1. The van der Waals surface area contributed by atoms with E-state index in [0.717, 1.165) is 22.7 Å². The second-order valence-electron chi connectivity index (χ2n) is 5.31. The van der Waals surface area contributed by atoms with Crippen LogP contribution in [0.25, 0.3) is 0 Å². The minimum atomic E-state index is -0.239. The summed E-state index contributed by atoms with van der Waals surface area (Å²) >= 11 is 1.63. The fourth-order valence-electron chi connectivity index (χ4n) is 2.21. The number of carbonyl (C=O) groups excluding carboxylic acids is 1. The van der Waals surface area contributed by atoms with Crippen LogP contribution in [0.5, 0.6) is 5.88 Å². The molecule has 116 valence electrons. The average molecular weight is 318 g/mol. The van der Waals surface area contributed by atoms with Crippen molar-refractivity contribution < 1.29 is 9.53 Å². The Kier molecular flexibility index (Phi) is 4.24. The molecule has 7 heteroatoms. The Balaban J connectivity index is 1.63. The Morgan fingerprint density at radius 2 is 2.18 bits per heavy atom. The van der Waals surface area contributed by atoms with Crippen molar-refractivity contribution in [3.63, 3.8) is 0 Å². The number of rotatable bonds is 5. The molecule has 2 N–H and O–H groups in total. The summed E-state index contributed by atoms with van der Waals surface area (Å²) in [6.45, 7) is 2.02. The van der Waals surface area contributed by atoms with E-state index in [1.165, 1.54) is 0 Å². The van der Waals surface area contributed by atoms with E-state index in [-0.39, 0.29) is 12.1 Å². The normalized spacial score (nSPS) is 15.2. The van der Waals surface area contributed by atoms with Crippen LogP contribution in [-0.4, -0.2) is 23.1 Å². The van der Waals surface area contributed by atoms with E-state index in [9.17, 15) is 4.79 Å². The van der Waals surface area contributed by atoms with Crippen molar-refractivity contribution in [1.29, 1.82) is 0 Å². The predicted molar refractivity (Wildman–Crippen MR) is 85.3 cm³/mol. The lowest BCUT2D eigenvalue weighted by Crippen LogP contribution is -2.33. The van der Waals surface area contributed by atoms with E-state index >= 15 is 0 Å². The Labute approximate surface area is 132 Å². The summed E-state index contributed by atoms with van der Waals surface area (Å²) in [5.41, 5.74) is 0.628. The number of nitrogens with zero attached hydrogens (tertiary/aromatic N) is 2. The molecule has 6 nitrogen and oxygen atoms in total. The highest BCUT2D eigenvalue weighted by molar-refractivity contribution is 7.11. The molecule has 0 spiro atoms. The van der Waals surface area contributed by atoms with Gasteiger partial charge in [-0.05, 0) is 31.7 Å². The van der Waals surface area contributed by atoms with Crippen LogP contribution in [0.2, 0.25) is 0 Å². The average Bonchev–Trinajstić information content (AvgIpc) is 3.27. The summed E-state index contributed by atoms with van der Waals surface area (Å²) in [6, 6.07) is 3.21. The van der Waals surface area contributed by atoms with Crippen molar-refractivity contribution in [3.8, 4) is 5.88 Å². The molecule has 2 aromatic rings. The van der Waals surface area contributed by atoms with E-state index < -0.39 is 0 Å². The van der Waals surface area contributed by atoms with Gasteiger partial charge in [0.15, 0.2) is 0 Å². The van der Waals surface area contributed by atoms with Crippen molar-refractivity contribution in [2.75, 3.05) is 12.4 Å². The van der Waals surface area contributed by atoms with E-state index in [1.54, 1.807) is 36.8 Å². The number of amides is 2. The van der Waals surface area contributed by atoms with Gasteiger partial charge in [-0.2, -0.15) is 0 Å². The molecule has 0 aromatic carbocycles. The largest absolute Gasteiger partial charge is 0.481 e. The summed E-state index contributed by atoms with van der Waals surface area (Å²) in [5.74, 6) is 1.00. The number of urea groups is 1. The fraction of sp³-hybridized carbons (Fsp3) is 0.400. The number of aryl methyl sites for hydroxylation is 1. The van der Waals surface area contributed by atoms with E-state index in [1.807, 2.05) is 13.1 Å². The number of nitrogens with one attached hydrogen (secondary N) is 2. The standard InChI is InChI=1S/C15H18N4O2S/c1-9-7-17-14(22-9)13(10-3-4-10)19-15(20)18-11-5-6-12(21-2)16-8-11/h5-8,10,13H,3-4H2,1-2H3,(H2,18,19,20). The first-order valence-corrected chi connectivity index (χ1v) is 7.97. The first-order valence-electron chi connectivity index (χ1n) is 7.15. The third kappa shape index (κ3) is 3.54. The summed E-state index contributed by atoms with van der Waals surface area (Å²) in [6.07, 6.45) is 5.68. The van der Waals surface area contributed by atoms with Gasteiger partial charge in [0, 0.05) is 17.1 Å². The van der Waals surface area contributed by atoms with Gasteiger partial charge < -0.3 is 15.4 Å². The maximum atomic E-state index is 12.2. The zero-order valence-corrected chi connectivity index (χ0v) is 13.3. The second-order valence-corrected chi connectivity index (χ2v) is 6.58. The molecule has 0 saturated heterocycles. The van der Waals surface area contributed by atoms with Gasteiger partial charge in [0.2, 0.25) is 5.88 Å². The lowest BCUT2D eigenvalue weighted by atomic mass is 10.2. The number of aromatic nitrogens is 2. The monoisotopic (exact) mass is 318 g/mol. The zero-order valence-electron chi connectivity index (χ0n) is 12.5. The number of pyridine rings is 1. The lowest BCUT2D eigenvalue weighted by molar-refractivity contribution is 0.247. The molecule has 0 aliphatic heterocycles. The van der Waals surface area contributed by atoms with Gasteiger partial charge in [-0.15, -0.1) is 11.3 Å². The highest BCUT2D eigenvalue weighted by Crippen LogP contribution is 2.42. The summed E-state index contributed by atoms with van der Waals surface area (Å²) in [7, 11) is 1.55. The molecule has 3 rings (SSSR count). The quantitative estimate of drug-likeness (QED) is 0.888. The number of carbonyl (C=O) groups is 1. The minimum absolute atomic E-state index is 0.00934. The van der Waals surface area contributed by atoms with Gasteiger partial charge in [0.05, 0.1) is 25.0 Å². The number of hydrogen-bond acceptors (Lipinski definition) is 5. The summed E-state index contributed by atoms with van der Waals surface area (Å²) in [5, 5.41) is 6.79. The van der Waals surface area contributed by atoms with Crippen LogP contribution >= 0.6 is 11.3 Å². The molecule has 1 saturated carbocycles. The molecule has 1 atom stereocenters. The number of hydrogen-bond donors (Lipinski definition) is 2. The third-order valence-electron chi connectivity index (χ3n) is 3.49. The van der Waals surface area contributed by atoms with Crippen LogP contribution in [-0.2, 0) is 0 Å². The molecule has 2 aromatic heterocycles. The number of anilines is 1. The predicted octanol–water partition coefficient (Wildman–Crippen LogP) is 3.13. The third-order valence-corrected chi connectivity index (χ3v) is 4.48. The van der Waals surface area contributed by atoms with Crippen LogP contribution in [0.15, 0.2) is 24.5 Å². The van der Waals surface area contributed by atoms with Crippen molar-refractivity contribution in [3.05, 3.63) is 34.4 Å². The first kappa shape index (κ1) is 14.8. The lowest BCUT2D eigenvalue weighted by Gasteiger charge is -2.16. The van der Waals surface area contributed by atoms with Crippen LogP contribution in [0.1, 0.15) is 28.8 Å². The molecule has 0 radical (unpaired) electrons. The van der Waals surface area contributed by atoms with E-state index in [4.69, 9.17) is 4.74 Å². The maximum absolute atomic E-state index is 12.2.